The molecule has 1 aromatic rings. The second-order valence-corrected chi connectivity index (χ2v) is 8.98. The smallest absolute Gasteiger partial charge is 0.338 e. The first-order valence-corrected chi connectivity index (χ1v) is 11.8. The van der Waals surface area contributed by atoms with Gasteiger partial charge in [-0.3, -0.25) is 4.79 Å². The third-order valence-electron chi connectivity index (χ3n) is 5.91. The van der Waals surface area contributed by atoms with Crippen molar-refractivity contribution in [2.24, 2.45) is 4.99 Å². The minimum Gasteiger partial charge on any atom is -0.463 e. The number of aryl methyl sites for hydroxylation is 2. The Morgan fingerprint density at radius 2 is 1.97 bits per heavy atom. The number of fused-ring (bicyclic) bond motifs is 1. The van der Waals surface area contributed by atoms with E-state index >= 15 is 0 Å². The van der Waals surface area contributed by atoms with Gasteiger partial charge in [-0.15, -0.1) is 0 Å². The third kappa shape index (κ3) is 4.34. The number of thioether (sulfide) groups is 1. The second kappa shape index (κ2) is 9.50. The number of allylic oxidation sites excluding steroid dienone is 1. The van der Waals surface area contributed by atoms with Gasteiger partial charge in [0.25, 0.3) is 0 Å². The monoisotopic (exact) mass is 455 g/mol. The molecule has 3 aliphatic rings. The van der Waals surface area contributed by atoms with Crippen LogP contribution in [0.2, 0.25) is 0 Å². The van der Waals surface area contributed by atoms with Gasteiger partial charge in [0, 0.05) is 18.8 Å². The molecule has 1 aromatic carbocycles. The van der Waals surface area contributed by atoms with Crippen molar-refractivity contribution in [3.63, 3.8) is 0 Å². The molecule has 0 saturated carbocycles. The largest absolute Gasteiger partial charge is 0.463 e. The summed E-state index contributed by atoms with van der Waals surface area (Å²) in [5, 5.41) is 2.76. The van der Waals surface area contributed by atoms with E-state index in [0.29, 0.717) is 44.2 Å². The number of aliphatic imine (C=N–C) groups is 1. The van der Waals surface area contributed by atoms with E-state index < -0.39 is 0 Å². The Morgan fingerprint density at radius 3 is 2.66 bits per heavy atom. The molecule has 4 rings (SSSR count). The summed E-state index contributed by atoms with van der Waals surface area (Å²) in [6.45, 7) is 10.4. The number of ether oxygens (including phenoxy) is 2. The molecule has 0 spiro atoms. The first-order valence-electron chi connectivity index (χ1n) is 10.9. The Balaban J connectivity index is 1.72. The van der Waals surface area contributed by atoms with Gasteiger partial charge >= 0.3 is 5.97 Å². The molecule has 0 aromatic heterocycles. The molecule has 3 aliphatic heterocycles. The van der Waals surface area contributed by atoms with Gasteiger partial charge in [0.1, 0.15) is 0 Å². The lowest BCUT2D eigenvalue weighted by Gasteiger charge is -2.37. The molecule has 7 nitrogen and oxygen atoms in total. The maximum Gasteiger partial charge on any atom is 0.338 e. The lowest BCUT2D eigenvalue weighted by Crippen LogP contribution is -2.42. The molecule has 32 heavy (non-hydrogen) atoms. The number of carbonyl (C=O) groups excluding carboxylic acids is 2. The number of amidine groups is 1. The highest BCUT2D eigenvalue weighted by molar-refractivity contribution is 8.16. The van der Waals surface area contributed by atoms with Gasteiger partial charge in [0.15, 0.2) is 5.17 Å². The molecule has 8 heteroatoms. The Morgan fingerprint density at radius 1 is 1.22 bits per heavy atom. The molecule has 0 bridgehead atoms. The van der Waals surface area contributed by atoms with Crippen molar-refractivity contribution in [1.29, 1.82) is 0 Å². The van der Waals surface area contributed by atoms with E-state index in [1.165, 1.54) is 11.8 Å². The van der Waals surface area contributed by atoms with Crippen LogP contribution in [0.3, 0.4) is 0 Å². The highest BCUT2D eigenvalue weighted by Crippen LogP contribution is 2.45. The first kappa shape index (κ1) is 22.6. The predicted molar refractivity (Wildman–Crippen MR) is 125 cm³/mol. The zero-order valence-corrected chi connectivity index (χ0v) is 19.8. The number of hydrogen-bond donors (Lipinski definition) is 0. The fourth-order valence-corrected chi connectivity index (χ4v) is 5.31. The minimum absolute atomic E-state index is 0.0599. The van der Waals surface area contributed by atoms with E-state index in [0.717, 1.165) is 27.6 Å². The Hall–Kier alpha value is -2.58. The normalized spacial score (nSPS) is 20.7. The predicted octanol–water partition coefficient (Wildman–Crippen LogP) is 3.69. The molecule has 1 fully saturated rings. The van der Waals surface area contributed by atoms with E-state index in [2.05, 4.69) is 32.0 Å². The van der Waals surface area contributed by atoms with Gasteiger partial charge in [0.05, 0.1) is 43.6 Å². The summed E-state index contributed by atoms with van der Waals surface area (Å²) in [7, 11) is 0. The highest BCUT2D eigenvalue weighted by atomic mass is 32.2. The van der Waals surface area contributed by atoms with Crippen molar-refractivity contribution in [3.8, 4) is 0 Å². The van der Waals surface area contributed by atoms with Gasteiger partial charge in [-0.05, 0) is 44.2 Å². The highest BCUT2D eigenvalue weighted by Gasteiger charge is 2.42. The maximum absolute atomic E-state index is 13.0. The fraction of sp³-hybridized carbons (Fsp3) is 0.458. The third-order valence-corrected chi connectivity index (χ3v) is 6.80. The number of benzene rings is 1. The van der Waals surface area contributed by atoms with Gasteiger partial charge < -0.3 is 19.3 Å². The zero-order valence-electron chi connectivity index (χ0n) is 19.0. The van der Waals surface area contributed by atoms with Crippen molar-refractivity contribution in [3.05, 3.63) is 57.3 Å². The van der Waals surface area contributed by atoms with E-state index in [9.17, 15) is 9.59 Å². The summed E-state index contributed by atoms with van der Waals surface area (Å²) < 4.78 is 10.8. The van der Waals surface area contributed by atoms with E-state index in [4.69, 9.17) is 14.5 Å². The SMILES string of the molecule is CCOC(=O)C1=C(C)N=C2SC=C(CC(=O)N3CCOCC3)N2[C@@H]1c1ccc(C)cc1C. The lowest BCUT2D eigenvalue weighted by atomic mass is 9.90. The number of nitrogens with zero attached hydrogens (tertiary/aromatic N) is 3. The Bertz CT molecular complexity index is 1020. The fourth-order valence-electron chi connectivity index (χ4n) is 4.35. The van der Waals surface area contributed by atoms with E-state index in [1.54, 1.807) is 6.92 Å². The van der Waals surface area contributed by atoms with Crippen LogP contribution in [0.15, 0.2) is 45.6 Å². The number of carbonyl (C=O) groups is 2. The Kier molecular flexibility index (Phi) is 6.71. The van der Waals surface area contributed by atoms with Gasteiger partial charge in [-0.1, -0.05) is 35.5 Å². The van der Waals surface area contributed by atoms with Crippen LogP contribution in [0.5, 0.6) is 0 Å². The molecular formula is C24H29N3O4S. The molecule has 0 unspecified atom stereocenters. The summed E-state index contributed by atoms with van der Waals surface area (Å²) in [6, 6.07) is 5.84. The average Bonchev–Trinajstić information content (AvgIpc) is 3.15. The quantitative estimate of drug-likeness (QED) is 0.631. The number of rotatable bonds is 5. The number of hydrogen-bond acceptors (Lipinski definition) is 7. The summed E-state index contributed by atoms with van der Waals surface area (Å²) in [5.41, 5.74) is 5.28. The van der Waals surface area contributed by atoms with Crippen LogP contribution >= 0.6 is 11.8 Å². The van der Waals surface area contributed by atoms with Crippen LogP contribution in [-0.2, 0) is 19.1 Å². The zero-order chi connectivity index (χ0) is 22.8. The van der Waals surface area contributed by atoms with Crippen molar-refractivity contribution < 1.29 is 19.1 Å². The molecule has 0 N–H and O–H groups in total. The molecule has 0 radical (unpaired) electrons. The van der Waals surface area contributed by atoms with Crippen LogP contribution in [-0.4, -0.2) is 59.8 Å². The molecule has 1 saturated heterocycles. The van der Waals surface area contributed by atoms with Crippen LogP contribution < -0.4 is 0 Å². The van der Waals surface area contributed by atoms with E-state index in [1.807, 2.05) is 22.1 Å². The van der Waals surface area contributed by atoms with Crippen LogP contribution in [0.25, 0.3) is 0 Å². The molecule has 1 atom stereocenters. The van der Waals surface area contributed by atoms with Crippen molar-refractivity contribution >= 4 is 28.8 Å². The first-order chi connectivity index (χ1) is 15.4. The van der Waals surface area contributed by atoms with Crippen LogP contribution in [0.4, 0.5) is 0 Å². The number of amides is 1. The van der Waals surface area contributed by atoms with Crippen molar-refractivity contribution in [1.82, 2.24) is 9.80 Å². The molecular weight excluding hydrogens is 426 g/mol. The average molecular weight is 456 g/mol. The molecule has 3 heterocycles. The summed E-state index contributed by atoms with van der Waals surface area (Å²) in [6.07, 6.45) is 0.253. The molecule has 0 aliphatic carbocycles. The van der Waals surface area contributed by atoms with Gasteiger partial charge in [0.2, 0.25) is 5.91 Å². The second-order valence-electron chi connectivity index (χ2n) is 8.14. The summed E-state index contributed by atoms with van der Waals surface area (Å²) in [4.78, 5) is 34.7. The van der Waals surface area contributed by atoms with Gasteiger partial charge in [-0.2, -0.15) is 0 Å². The standard InChI is InChI=1S/C24H29N3O4S/c1-5-31-23(29)21-17(4)25-24-27(22(21)19-7-6-15(2)12-16(19)3)18(14-32-24)13-20(28)26-8-10-30-11-9-26/h6-7,12,14,22H,5,8-11,13H2,1-4H3/t22-/m1/s1. The molecule has 170 valence electrons. The minimum atomic E-state index is -0.388. The van der Waals surface area contributed by atoms with Crippen molar-refractivity contribution in [2.45, 2.75) is 40.2 Å². The van der Waals surface area contributed by atoms with Crippen molar-refractivity contribution in [2.75, 3.05) is 32.9 Å². The van der Waals surface area contributed by atoms with Crippen LogP contribution in [0.1, 0.15) is 43.0 Å². The van der Waals surface area contributed by atoms with Crippen LogP contribution in [0, 0.1) is 13.8 Å². The topological polar surface area (TPSA) is 71.4 Å². The summed E-state index contributed by atoms with van der Waals surface area (Å²) in [5.74, 6) is -0.307. The molecule has 1 amide bonds. The number of morpholine rings is 1. The Labute approximate surface area is 193 Å². The lowest BCUT2D eigenvalue weighted by molar-refractivity contribution is -0.139. The van der Waals surface area contributed by atoms with Gasteiger partial charge in [-0.25, -0.2) is 9.79 Å². The number of esters is 1. The summed E-state index contributed by atoms with van der Waals surface area (Å²) >= 11 is 1.49. The van der Waals surface area contributed by atoms with E-state index in [-0.39, 0.29) is 24.3 Å². The maximum atomic E-state index is 13.0.